The highest BCUT2D eigenvalue weighted by atomic mass is 35.5. The van der Waals surface area contributed by atoms with Crippen LogP contribution >= 0.6 is 11.6 Å². The van der Waals surface area contributed by atoms with Gasteiger partial charge in [-0.25, -0.2) is 4.79 Å². The fourth-order valence-electron chi connectivity index (χ4n) is 1.00. The van der Waals surface area contributed by atoms with Gasteiger partial charge >= 0.3 is 11.9 Å². The summed E-state index contributed by atoms with van der Waals surface area (Å²) in [6, 6.07) is 3.54. The second kappa shape index (κ2) is 4.02. The average Bonchev–Trinajstić information content (AvgIpc) is 2.09. The molecule has 6 heteroatoms. The van der Waals surface area contributed by atoms with E-state index < -0.39 is 24.1 Å². The van der Waals surface area contributed by atoms with E-state index in [1.807, 2.05) is 0 Å². The van der Waals surface area contributed by atoms with E-state index in [0.29, 0.717) is 0 Å². The number of halogens is 3. The molecule has 1 aromatic carbocycles. The first-order valence-electron chi connectivity index (χ1n) is 3.91. The van der Waals surface area contributed by atoms with E-state index in [1.54, 1.807) is 0 Å². The number of carbonyl (C=O) groups is 1. The molecule has 0 unspecified atom stereocenters. The van der Waals surface area contributed by atoms with E-state index in [9.17, 15) is 18.7 Å². The average molecular weight is 237 g/mol. The van der Waals surface area contributed by atoms with Gasteiger partial charge < -0.3 is 10.2 Å². The summed E-state index contributed by atoms with van der Waals surface area (Å²) in [5, 5.41) is 17.6. The number of phenols is 1. The van der Waals surface area contributed by atoms with Crippen molar-refractivity contribution in [3.05, 3.63) is 28.8 Å². The van der Waals surface area contributed by atoms with Gasteiger partial charge in [0.15, 0.2) is 0 Å². The van der Waals surface area contributed by atoms with Crippen LogP contribution in [0.1, 0.15) is 5.56 Å². The molecule has 3 nitrogen and oxygen atoms in total. The topological polar surface area (TPSA) is 57.5 Å². The highest BCUT2D eigenvalue weighted by Crippen LogP contribution is 2.28. The molecule has 0 heterocycles. The summed E-state index contributed by atoms with van der Waals surface area (Å²) in [6.45, 7) is 0. The fourth-order valence-corrected chi connectivity index (χ4v) is 1.17. The van der Waals surface area contributed by atoms with Crippen LogP contribution in [0.25, 0.3) is 0 Å². The molecule has 0 bridgehead atoms. The summed E-state index contributed by atoms with van der Waals surface area (Å²) in [5.41, 5.74) is -0.160. The van der Waals surface area contributed by atoms with Crippen LogP contribution in [0, 0.1) is 0 Å². The van der Waals surface area contributed by atoms with Crippen LogP contribution in [0.5, 0.6) is 5.75 Å². The van der Waals surface area contributed by atoms with Gasteiger partial charge in [-0.3, -0.25) is 0 Å². The van der Waals surface area contributed by atoms with Gasteiger partial charge in [0.05, 0.1) is 6.42 Å². The third kappa shape index (κ3) is 2.79. The number of aromatic hydroxyl groups is 1. The third-order valence-corrected chi connectivity index (χ3v) is 2.01. The molecule has 2 N–H and O–H groups in total. The lowest BCUT2D eigenvalue weighted by molar-refractivity contribution is -0.164. The number of carboxylic acid groups (broad SMARTS) is 1. The number of phenolic OH excluding ortho intramolecular Hbond substituents is 1. The van der Waals surface area contributed by atoms with Gasteiger partial charge in [0, 0.05) is 10.6 Å². The van der Waals surface area contributed by atoms with E-state index in [1.165, 1.54) is 6.07 Å². The predicted molar refractivity (Wildman–Crippen MR) is 49.4 cm³/mol. The Balaban J connectivity index is 2.95. The predicted octanol–water partition coefficient (Wildman–Crippen LogP) is 2.31. The minimum absolute atomic E-state index is 0.160. The number of aliphatic carboxylic acids is 1. The molecule has 82 valence electrons. The molecule has 0 aromatic heterocycles. The molecule has 0 radical (unpaired) electrons. The van der Waals surface area contributed by atoms with Crippen LogP contribution in [-0.2, 0) is 11.2 Å². The van der Waals surface area contributed by atoms with Crippen molar-refractivity contribution in [2.24, 2.45) is 0 Å². The molecule has 0 fully saturated rings. The lowest BCUT2D eigenvalue weighted by atomic mass is 10.1. The molecular formula is C9H7ClF2O3. The zero-order valence-corrected chi connectivity index (χ0v) is 8.13. The Morgan fingerprint density at radius 1 is 1.47 bits per heavy atom. The van der Waals surface area contributed by atoms with Crippen molar-refractivity contribution in [3.8, 4) is 5.75 Å². The van der Waals surface area contributed by atoms with Gasteiger partial charge in [0.25, 0.3) is 0 Å². The maximum absolute atomic E-state index is 12.8. The van der Waals surface area contributed by atoms with Crippen molar-refractivity contribution in [1.82, 2.24) is 0 Å². The molecule has 0 aliphatic rings. The monoisotopic (exact) mass is 236 g/mol. The molecule has 0 saturated carbocycles. The van der Waals surface area contributed by atoms with Gasteiger partial charge in [-0.2, -0.15) is 8.78 Å². The maximum Gasteiger partial charge on any atom is 0.374 e. The number of hydrogen-bond acceptors (Lipinski definition) is 2. The largest absolute Gasteiger partial charge is 0.508 e. The van der Waals surface area contributed by atoms with Gasteiger partial charge in [-0.15, -0.1) is 0 Å². The number of alkyl halides is 2. The molecule has 0 aliphatic heterocycles. The molecule has 15 heavy (non-hydrogen) atoms. The molecule has 1 aromatic rings. The summed E-state index contributed by atoms with van der Waals surface area (Å²) in [5.74, 6) is -6.56. The number of carboxylic acids is 1. The number of hydrogen-bond donors (Lipinski definition) is 2. The maximum atomic E-state index is 12.8. The molecule has 0 spiro atoms. The van der Waals surface area contributed by atoms with E-state index in [0.717, 1.165) is 12.1 Å². The van der Waals surface area contributed by atoms with Crippen LogP contribution in [0.4, 0.5) is 8.78 Å². The number of benzene rings is 1. The summed E-state index contributed by atoms with van der Waals surface area (Å²) in [6.07, 6.45) is -1.06. The molecule has 0 aliphatic carbocycles. The first-order chi connectivity index (χ1) is 6.83. The fraction of sp³-hybridized carbons (Fsp3) is 0.222. The first-order valence-corrected chi connectivity index (χ1v) is 4.29. The zero-order chi connectivity index (χ0) is 11.6. The molecule has 0 saturated heterocycles. The summed E-state index contributed by atoms with van der Waals surface area (Å²) in [4.78, 5) is 10.1. The van der Waals surface area contributed by atoms with Crippen molar-refractivity contribution in [1.29, 1.82) is 0 Å². The Kier molecular flexibility index (Phi) is 3.14. The van der Waals surface area contributed by atoms with Crippen LogP contribution in [-0.4, -0.2) is 22.1 Å². The molecular weight excluding hydrogens is 230 g/mol. The SMILES string of the molecule is O=C(O)C(F)(F)Cc1ccc(Cl)cc1O. The van der Waals surface area contributed by atoms with E-state index in [2.05, 4.69) is 0 Å². The highest BCUT2D eigenvalue weighted by Gasteiger charge is 2.39. The molecule has 1 rings (SSSR count). The normalized spacial score (nSPS) is 11.4. The Morgan fingerprint density at radius 2 is 2.07 bits per heavy atom. The summed E-state index contributed by atoms with van der Waals surface area (Å²) >= 11 is 5.49. The number of rotatable bonds is 3. The second-order valence-electron chi connectivity index (χ2n) is 2.96. The van der Waals surface area contributed by atoms with Gasteiger partial charge in [0.2, 0.25) is 0 Å². The van der Waals surface area contributed by atoms with Gasteiger partial charge in [0.1, 0.15) is 5.75 Å². The molecule has 0 atom stereocenters. The second-order valence-corrected chi connectivity index (χ2v) is 3.40. The van der Waals surface area contributed by atoms with Crippen molar-refractivity contribution in [3.63, 3.8) is 0 Å². The van der Waals surface area contributed by atoms with Crippen LogP contribution in [0.3, 0.4) is 0 Å². The first kappa shape index (κ1) is 11.7. The van der Waals surface area contributed by atoms with Crippen LogP contribution in [0.15, 0.2) is 18.2 Å². The summed E-state index contributed by atoms with van der Waals surface area (Å²) in [7, 11) is 0. The van der Waals surface area contributed by atoms with E-state index in [-0.39, 0.29) is 10.6 Å². The summed E-state index contributed by atoms with van der Waals surface area (Å²) < 4.78 is 25.5. The Morgan fingerprint density at radius 3 is 2.53 bits per heavy atom. The minimum Gasteiger partial charge on any atom is -0.508 e. The van der Waals surface area contributed by atoms with Crippen LogP contribution < -0.4 is 0 Å². The third-order valence-electron chi connectivity index (χ3n) is 1.77. The lowest BCUT2D eigenvalue weighted by Crippen LogP contribution is -2.30. The quantitative estimate of drug-likeness (QED) is 0.847. The molecule has 0 amide bonds. The van der Waals surface area contributed by atoms with Gasteiger partial charge in [-0.05, 0) is 12.1 Å². The Bertz CT molecular complexity index is 393. The van der Waals surface area contributed by atoms with Crippen molar-refractivity contribution in [2.45, 2.75) is 12.3 Å². The van der Waals surface area contributed by atoms with Crippen LogP contribution in [0.2, 0.25) is 5.02 Å². The zero-order valence-electron chi connectivity index (χ0n) is 7.38. The van der Waals surface area contributed by atoms with E-state index >= 15 is 0 Å². The van der Waals surface area contributed by atoms with E-state index in [4.69, 9.17) is 16.7 Å². The van der Waals surface area contributed by atoms with Gasteiger partial charge in [-0.1, -0.05) is 17.7 Å². The Hall–Kier alpha value is -1.36. The minimum atomic E-state index is -3.90. The lowest BCUT2D eigenvalue weighted by Gasteiger charge is -2.11. The van der Waals surface area contributed by atoms with Crippen molar-refractivity contribution < 1.29 is 23.8 Å². The standard InChI is InChI=1S/C9H7ClF2O3/c10-6-2-1-5(7(13)3-6)4-9(11,12)8(14)15/h1-3,13H,4H2,(H,14,15). The van der Waals surface area contributed by atoms with Crippen molar-refractivity contribution in [2.75, 3.05) is 0 Å². The highest BCUT2D eigenvalue weighted by molar-refractivity contribution is 6.30. The Labute approximate surface area is 88.9 Å². The van der Waals surface area contributed by atoms with Crippen molar-refractivity contribution >= 4 is 17.6 Å². The smallest absolute Gasteiger partial charge is 0.374 e.